The molecule has 0 amide bonds. The highest BCUT2D eigenvalue weighted by molar-refractivity contribution is 5.80. The van der Waals surface area contributed by atoms with Crippen LogP contribution >= 0.6 is 0 Å². The molecule has 0 saturated carbocycles. The molecule has 3 fully saturated rings. The number of aliphatic imine (C=N–C) groups is 1. The van der Waals surface area contributed by atoms with E-state index >= 15 is 0 Å². The predicted octanol–water partition coefficient (Wildman–Crippen LogP) is 3.35. The Hall–Kier alpha value is -1.59. The molecular weight excluding hydrogens is 360 g/mol. The number of rotatable bonds is 4. The Labute approximate surface area is 176 Å². The number of nitrogens with one attached hydrogen (secondary N) is 1. The maximum absolute atomic E-state index is 5.66. The number of benzene rings is 1. The Kier molecular flexibility index (Phi) is 6.45. The SMILES string of the molecule is CN=C(NCc1ccc(CN2CC(C)CC(C)C2)cc1)N1CCC2(CCOC2)C1. The summed E-state index contributed by atoms with van der Waals surface area (Å²) in [5.74, 6) is 2.65. The standard InChI is InChI=1S/C24H38N4O/c1-19-12-20(2)15-27(14-19)16-22-6-4-21(5-7-22)13-26-23(25-3)28-10-8-24(17-28)9-11-29-18-24/h4-7,19-20H,8-18H2,1-3H3,(H,25,26). The number of guanidine groups is 1. The first-order chi connectivity index (χ1) is 14.0. The summed E-state index contributed by atoms with van der Waals surface area (Å²) in [7, 11) is 1.89. The average Bonchev–Trinajstić information content (AvgIpc) is 3.33. The molecule has 3 aliphatic heterocycles. The highest BCUT2D eigenvalue weighted by Gasteiger charge is 2.42. The lowest BCUT2D eigenvalue weighted by molar-refractivity contribution is 0.134. The molecular formula is C24H38N4O. The number of likely N-dealkylation sites (tertiary alicyclic amines) is 2. The molecule has 3 atom stereocenters. The van der Waals surface area contributed by atoms with Crippen LogP contribution in [0.25, 0.3) is 0 Å². The number of hydrogen-bond donors (Lipinski definition) is 1. The van der Waals surface area contributed by atoms with E-state index in [1.54, 1.807) is 0 Å². The molecule has 160 valence electrons. The quantitative estimate of drug-likeness (QED) is 0.624. The van der Waals surface area contributed by atoms with Crippen molar-refractivity contribution in [3.63, 3.8) is 0 Å². The van der Waals surface area contributed by atoms with Gasteiger partial charge in [0.25, 0.3) is 0 Å². The lowest BCUT2D eigenvalue weighted by Crippen LogP contribution is -2.41. The molecule has 5 heteroatoms. The van der Waals surface area contributed by atoms with Crippen LogP contribution in [0.2, 0.25) is 0 Å². The van der Waals surface area contributed by atoms with Crippen LogP contribution in [0.1, 0.15) is 44.2 Å². The zero-order valence-corrected chi connectivity index (χ0v) is 18.5. The first-order valence-corrected chi connectivity index (χ1v) is 11.4. The molecule has 1 spiro atoms. The smallest absolute Gasteiger partial charge is 0.193 e. The Morgan fingerprint density at radius 1 is 1.14 bits per heavy atom. The van der Waals surface area contributed by atoms with Gasteiger partial charge in [-0.25, -0.2) is 0 Å². The zero-order valence-electron chi connectivity index (χ0n) is 18.5. The summed E-state index contributed by atoms with van der Waals surface area (Å²) in [5, 5.41) is 3.57. The third-order valence-electron chi connectivity index (χ3n) is 6.96. The van der Waals surface area contributed by atoms with Gasteiger partial charge in [0.15, 0.2) is 5.96 Å². The highest BCUT2D eigenvalue weighted by Crippen LogP contribution is 2.38. The Balaban J connectivity index is 1.27. The van der Waals surface area contributed by atoms with Crippen molar-refractivity contribution in [3.8, 4) is 0 Å². The van der Waals surface area contributed by atoms with E-state index in [1.807, 2.05) is 7.05 Å². The van der Waals surface area contributed by atoms with Gasteiger partial charge in [0.2, 0.25) is 0 Å². The summed E-state index contributed by atoms with van der Waals surface area (Å²) in [6.07, 6.45) is 3.78. The van der Waals surface area contributed by atoms with Crippen molar-refractivity contribution in [1.82, 2.24) is 15.1 Å². The maximum Gasteiger partial charge on any atom is 0.193 e. The van der Waals surface area contributed by atoms with Crippen molar-refractivity contribution < 1.29 is 4.74 Å². The molecule has 1 aromatic carbocycles. The van der Waals surface area contributed by atoms with Crippen molar-refractivity contribution >= 4 is 5.96 Å². The second-order valence-electron chi connectivity index (χ2n) is 9.83. The first-order valence-electron chi connectivity index (χ1n) is 11.4. The molecule has 1 N–H and O–H groups in total. The summed E-state index contributed by atoms with van der Waals surface area (Å²) in [6, 6.07) is 9.13. The van der Waals surface area contributed by atoms with Crippen LogP contribution in [-0.4, -0.2) is 62.2 Å². The van der Waals surface area contributed by atoms with Crippen LogP contribution < -0.4 is 5.32 Å². The van der Waals surface area contributed by atoms with Crippen LogP contribution in [0.3, 0.4) is 0 Å². The molecule has 0 aromatic heterocycles. The van der Waals surface area contributed by atoms with Gasteiger partial charge in [-0.15, -0.1) is 0 Å². The van der Waals surface area contributed by atoms with Gasteiger partial charge in [0, 0.05) is 58.3 Å². The summed E-state index contributed by atoms with van der Waals surface area (Å²) in [5.41, 5.74) is 3.10. The largest absolute Gasteiger partial charge is 0.381 e. The molecule has 3 heterocycles. The lowest BCUT2D eigenvalue weighted by Gasteiger charge is -2.35. The van der Waals surface area contributed by atoms with Crippen LogP contribution in [0.15, 0.2) is 29.3 Å². The molecule has 1 aromatic rings. The van der Waals surface area contributed by atoms with Gasteiger partial charge < -0.3 is 15.0 Å². The number of hydrogen-bond acceptors (Lipinski definition) is 3. The fourth-order valence-electron chi connectivity index (χ4n) is 5.54. The lowest BCUT2D eigenvalue weighted by atomic mass is 9.87. The third-order valence-corrected chi connectivity index (χ3v) is 6.96. The molecule has 3 saturated heterocycles. The molecule has 29 heavy (non-hydrogen) atoms. The van der Waals surface area contributed by atoms with Crippen LogP contribution in [0, 0.1) is 17.3 Å². The van der Waals surface area contributed by atoms with Crippen molar-refractivity contribution in [2.45, 2.75) is 46.2 Å². The fourth-order valence-corrected chi connectivity index (χ4v) is 5.54. The number of nitrogens with zero attached hydrogens (tertiary/aromatic N) is 3. The van der Waals surface area contributed by atoms with E-state index in [-0.39, 0.29) is 0 Å². The van der Waals surface area contributed by atoms with Gasteiger partial charge in [0.05, 0.1) is 6.61 Å². The highest BCUT2D eigenvalue weighted by atomic mass is 16.5. The van der Waals surface area contributed by atoms with Gasteiger partial charge >= 0.3 is 0 Å². The first kappa shape index (κ1) is 20.7. The van der Waals surface area contributed by atoms with Gasteiger partial charge in [-0.05, 0) is 42.2 Å². The molecule has 0 aliphatic carbocycles. The van der Waals surface area contributed by atoms with E-state index in [4.69, 9.17) is 4.74 Å². The van der Waals surface area contributed by atoms with E-state index < -0.39 is 0 Å². The summed E-state index contributed by atoms with van der Waals surface area (Å²) < 4.78 is 5.66. The minimum absolute atomic E-state index is 0.364. The van der Waals surface area contributed by atoms with E-state index in [9.17, 15) is 0 Å². The van der Waals surface area contributed by atoms with Crippen molar-refractivity contribution in [2.75, 3.05) is 46.4 Å². The number of ether oxygens (including phenoxy) is 1. The third kappa shape index (κ3) is 5.13. The summed E-state index contributed by atoms with van der Waals surface area (Å²) in [4.78, 5) is 9.55. The van der Waals surface area contributed by atoms with E-state index in [1.165, 1.54) is 43.5 Å². The van der Waals surface area contributed by atoms with Crippen molar-refractivity contribution in [2.24, 2.45) is 22.2 Å². The maximum atomic E-state index is 5.66. The predicted molar refractivity (Wildman–Crippen MR) is 119 cm³/mol. The van der Waals surface area contributed by atoms with E-state index in [0.29, 0.717) is 5.41 Å². The van der Waals surface area contributed by atoms with Crippen LogP contribution in [-0.2, 0) is 17.8 Å². The molecule has 0 bridgehead atoms. The Morgan fingerprint density at radius 3 is 2.52 bits per heavy atom. The van der Waals surface area contributed by atoms with Crippen LogP contribution in [0.4, 0.5) is 0 Å². The monoisotopic (exact) mass is 398 g/mol. The Bertz CT molecular complexity index is 685. The van der Waals surface area contributed by atoms with Gasteiger partial charge in [0.1, 0.15) is 0 Å². The molecule has 0 radical (unpaired) electrons. The minimum Gasteiger partial charge on any atom is -0.381 e. The van der Waals surface area contributed by atoms with Gasteiger partial charge in [-0.1, -0.05) is 38.1 Å². The second kappa shape index (κ2) is 9.05. The van der Waals surface area contributed by atoms with E-state index in [0.717, 1.165) is 57.2 Å². The zero-order chi connectivity index (χ0) is 20.3. The Morgan fingerprint density at radius 2 is 1.86 bits per heavy atom. The van der Waals surface area contributed by atoms with E-state index in [2.05, 4.69) is 58.2 Å². The topological polar surface area (TPSA) is 40.1 Å². The normalized spacial score (nSPS) is 31.0. The second-order valence-corrected chi connectivity index (χ2v) is 9.83. The average molecular weight is 399 g/mol. The van der Waals surface area contributed by atoms with Gasteiger partial charge in [-0.3, -0.25) is 9.89 Å². The van der Waals surface area contributed by atoms with Crippen molar-refractivity contribution in [1.29, 1.82) is 0 Å². The summed E-state index contributed by atoms with van der Waals surface area (Å²) >= 11 is 0. The fraction of sp³-hybridized carbons (Fsp3) is 0.708. The van der Waals surface area contributed by atoms with Crippen molar-refractivity contribution in [3.05, 3.63) is 35.4 Å². The van der Waals surface area contributed by atoms with Crippen LogP contribution in [0.5, 0.6) is 0 Å². The molecule has 4 rings (SSSR count). The minimum atomic E-state index is 0.364. The molecule has 3 unspecified atom stereocenters. The van der Waals surface area contributed by atoms with Gasteiger partial charge in [-0.2, -0.15) is 0 Å². The molecule has 3 aliphatic rings. The number of piperidine rings is 1. The summed E-state index contributed by atoms with van der Waals surface area (Å²) in [6.45, 7) is 13.1. The molecule has 5 nitrogen and oxygen atoms in total.